The van der Waals surface area contributed by atoms with Gasteiger partial charge in [0, 0.05) is 6.54 Å². The minimum Gasteiger partial charge on any atom is -0.497 e. The number of ether oxygens (including phenoxy) is 1. The molecular weight excluding hydrogens is 341 g/mol. The lowest BCUT2D eigenvalue weighted by Crippen LogP contribution is -2.30. The summed E-state index contributed by atoms with van der Waals surface area (Å²) in [5.41, 5.74) is 1.58. The molecule has 0 aliphatic carbocycles. The predicted molar refractivity (Wildman–Crippen MR) is 90.3 cm³/mol. The normalized spacial score (nSPS) is 17.8. The van der Waals surface area contributed by atoms with E-state index in [1.807, 2.05) is 29.2 Å². The standard InChI is InChI=1S/C16H15Cl2NO2S/c1-21-11-5-2-4-10(8-11)13-6-3-7-19(13)16(20)12-9-14(17)22-15(12)18/h2,4-5,8-9,13H,3,6-7H2,1H3. The Morgan fingerprint density at radius 1 is 1.36 bits per heavy atom. The summed E-state index contributed by atoms with van der Waals surface area (Å²) in [6.07, 6.45) is 1.91. The van der Waals surface area contributed by atoms with Crippen molar-refractivity contribution < 1.29 is 9.53 Å². The lowest BCUT2D eigenvalue weighted by Gasteiger charge is -2.25. The van der Waals surface area contributed by atoms with Crippen LogP contribution in [0.1, 0.15) is 34.8 Å². The fraction of sp³-hybridized carbons (Fsp3) is 0.312. The van der Waals surface area contributed by atoms with Crippen molar-refractivity contribution in [2.75, 3.05) is 13.7 Å². The molecule has 3 rings (SSSR count). The molecule has 0 spiro atoms. The average molecular weight is 356 g/mol. The van der Waals surface area contributed by atoms with Crippen LogP contribution in [-0.2, 0) is 0 Å². The third kappa shape index (κ3) is 2.96. The summed E-state index contributed by atoms with van der Waals surface area (Å²) in [7, 11) is 1.64. The van der Waals surface area contributed by atoms with Crippen molar-refractivity contribution in [1.29, 1.82) is 0 Å². The predicted octanol–water partition coefficient (Wildman–Crippen LogP) is 5.04. The second-order valence-corrected chi connectivity index (χ2v) is 7.46. The number of carbonyl (C=O) groups excluding carboxylic acids is 1. The Morgan fingerprint density at radius 3 is 2.86 bits per heavy atom. The summed E-state index contributed by atoms with van der Waals surface area (Å²) in [6.45, 7) is 0.727. The first-order valence-electron chi connectivity index (χ1n) is 7.00. The molecular formula is C16H15Cl2NO2S. The highest BCUT2D eigenvalue weighted by molar-refractivity contribution is 7.20. The third-order valence-electron chi connectivity index (χ3n) is 3.88. The number of rotatable bonds is 3. The molecule has 2 heterocycles. The summed E-state index contributed by atoms with van der Waals surface area (Å²) >= 11 is 13.3. The van der Waals surface area contributed by atoms with E-state index in [1.54, 1.807) is 13.2 Å². The van der Waals surface area contributed by atoms with Crippen molar-refractivity contribution in [3.8, 4) is 5.75 Å². The van der Waals surface area contributed by atoms with Gasteiger partial charge in [-0.1, -0.05) is 35.3 Å². The molecule has 1 aromatic carbocycles. The summed E-state index contributed by atoms with van der Waals surface area (Å²) in [5.74, 6) is 0.742. The van der Waals surface area contributed by atoms with E-state index in [9.17, 15) is 4.79 Å². The van der Waals surface area contributed by atoms with E-state index in [0.29, 0.717) is 14.2 Å². The molecule has 1 aliphatic rings. The highest BCUT2D eigenvalue weighted by Gasteiger charge is 2.32. The molecule has 0 N–H and O–H groups in total. The number of methoxy groups -OCH3 is 1. The SMILES string of the molecule is COc1cccc(C2CCCN2C(=O)c2cc(Cl)sc2Cl)c1. The molecule has 1 atom stereocenters. The summed E-state index contributed by atoms with van der Waals surface area (Å²) in [5, 5.41) is 0. The molecule has 1 unspecified atom stereocenters. The summed E-state index contributed by atoms with van der Waals surface area (Å²) in [6, 6.07) is 9.57. The van der Waals surface area contributed by atoms with Gasteiger partial charge in [-0.15, -0.1) is 11.3 Å². The van der Waals surface area contributed by atoms with Gasteiger partial charge in [-0.3, -0.25) is 4.79 Å². The minimum atomic E-state index is -0.0570. The third-order valence-corrected chi connectivity index (χ3v) is 5.37. The lowest BCUT2D eigenvalue weighted by atomic mass is 10.0. The maximum absolute atomic E-state index is 12.8. The Hall–Kier alpha value is -1.23. The lowest BCUT2D eigenvalue weighted by molar-refractivity contribution is 0.0736. The maximum atomic E-state index is 12.8. The topological polar surface area (TPSA) is 29.5 Å². The molecule has 22 heavy (non-hydrogen) atoms. The Morgan fingerprint density at radius 2 is 2.18 bits per heavy atom. The maximum Gasteiger partial charge on any atom is 0.256 e. The van der Waals surface area contributed by atoms with Crippen LogP contribution < -0.4 is 4.74 Å². The number of hydrogen-bond donors (Lipinski definition) is 0. The van der Waals surface area contributed by atoms with Gasteiger partial charge in [0.2, 0.25) is 0 Å². The molecule has 6 heteroatoms. The van der Waals surface area contributed by atoms with E-state index in [1.165, 1.54) is 11.3 Å². The second kappa shape index (κ2) is 6.49. The monoisotopic (exact) mass is 355 g/mol. The van der Waals surface area contributed by atoms with E-state index in [4.69, 9.17) is 27.9 Å². The van der Waals surface area contributed by atoms with Crippen LogP contribution in [0.15, 0.2) is 30.3 Å². The molecule has 116 valence electrons. The summed E-state index contributed by atoms with van der Waals surface area (Å²) < 4.78 is 6.26. The fourth-order valence-corrected chi connectivity index (χ4v) is 4.29. The van der Waals surface area contributed by atoms with Gasteiger partial charge in [0.1, 0.15) is 10.1 Å². The van der Waals surface area contributed by atoms with Gasteiger partial charge in [0.15, 0.2) is 0 Å². The smallest absolute Gasteiger partial charge is 0.256 e. The number of hydrogen-bond acceptors (Lipinski definition) is 3. The minimum absolute atomic E-state index is 0.0531. The summed E-state index contributed by atoms with van der Waals surface area (Å²) in [4.78, 5) is 14.7. The van der Waals surface area contributed by atoms with Crippen molar-refractivity contribution >= 4 is 40.4 Å². The van der Waals surface area contributed by atoms with Crippen LogP contribution in [0.2, 0.25) is 8.67 Å². The fourth-order valence-electron chi connectivity index (χ4n) is 2.85. The number of benzene rings is 1. The molecule has 1 amide bonds. The highest BCUT2D eigenvalue weighted by atomic mass is 35.5. The zero-order valence-corrected chi connectivity index (χ0v) is 14.3. The van der Waals surface area contributed by atoms with Gasteiger partial charge in [0.05, 0.1) is 23.1 Å². The molecule has 1 aromatic heterocycles. The molecule has 1 fully saturated rings. The van der Waals surface area contributed by atoms with Crippen molar-refractivity contribution in [3.05, 3.63) is 50.1 Å². The van der Waals surface area contributed by atoms with Crippen molar-refractivity contribution in [3.63, 3.8) is 0 Å². The Kier molecular flexibility index (Phi) is 4.62. The van der Waals surface area contributed by atoms with Gasteiger partial charge in [-0.05, 0) is 36.6 Å². The quantitative estimate of drug-likeness (QED) is 0.771. The largest absolute Gasteiger partial charge is 0.497 e. The van der Waals surface area contributed by atoms with Crippen LogP contribution in [0.4, 0.5) is 0 Å². The molecule has 0 saturated carbocycles. The molecule has 2 aromatic rings. The number of thiophene rings is 1. The van der Waals surface area contributed by atoms with Gasteiger partial charge in [0.25, 0.3) is 5.91 Å². The van der Waals surface area contributed by atoms with Crippen LogP contribution in [0.5, 0.6) is 5.75 Å². The van der Waals surface area contributed by atoms with Crippen LogP contribution in [0.25, 0.3) is 0 Å². The molecule has 0 bridgehead atoms. The number of nitrogens with zero attached hydrogens (tertiary/aromatic N) is 1. The van der Waals surface area contributed by atoms with Gasteiger partial charge in [-0.25, -0.2) is 0 Å². The molecule has 1 saturated heterocycles. The molecule has 3 nitrogen and oxygen atoms in total. The Balaban J connectivity index is 1.89. The highest BCUT2D eigenvalue weighted by Crippen LogP contribution is 2.38. The van der Waals surface area contributed by atoms with E-state index < -0.39 is 0 Å². The van der Waals surface area contributed by atoms with Crippen LogP contribution in [0, 0.1) is 0 Å². The number of amides is 1. The van der Waals surface area contributed by atoms with Crippen molar-refractivity contribution in [2.45, 2.75) is 18.9 Å². The van der Waals surface area contributed by atoms with Crippen LogP contribution >= 0.6 is 34.5 Å². The average Bonchev–Trinajstić information content (AvgIpc) is 3.13. The van der Waals surface area contributed by atoms with E-state index >= 15 is 0 Å². The Bertz CT molecular complexity index is 701. The van der Waals surface area contributed by atoms with Crippen LogP contribution in [-0.4, -0.2) is 24.5 Å². The van der Waals surface area contributed by atoms with Gasteiger partial charge >= 0.3 is 0 Å². The van der Waals surface area contributed by atoms with E-state index in [-0.39, 0.29) is 11.9 Å². The molecule has 0 radical (unpaired) electrons. The number of likely N-dealkylation sites (tertiary alicyclic amines) is 1. The number of carbonyl (C=O) groups is 1. The first-order valence-corrected chi connectivity index (χ1v) is 8.57. The van der Waals surface area contributed by atoms with Crippen molar-refractivity contribution in [2.24, 2.45) is 0 Å². The first-order chi connectivity index (χ1) is 10.6. The van der Waals surface area contributed by atoms with Gasteiger partial charge in [-0.2, -0.15) is 0 Å². The zero-order chi connectivity index (χ0) is 15.7. The van der Waals surface area contributed by atoms with E-state index in [0.717, 1.165) is 30.7 Å². The Labute approximate surface area is 143 Å². The van der Waals surface area contributed by atoms with Crippen molar-refractivity contribution in [1.82, 2.24) is 4.90 Å². The first kappa shape index (κ1) is 15.7. The molecule has 1 aliphatic heterocycles. The van der Waals surface area contributed by atoms with Crippen LogP contribution in [0.3, 0.4) is 0 Å². The van der Waals surface area contributed by atoms with Gasteiger partial charge < -0.3 is 9.64 Å². The van der Waals surface area contributed by atoms with E-state index in [2.05, 4.69) is 0 Å². The number of halogens is 2. The zero-order valence-electron chi connectivity index (χ0n) is 12.0. The second-order valence-electron chi connectivity index (χ2n) is 5.17.